The summed E-state index contributed by atoms with van der Waals surface area (Å²) < 4.78 is 5.66. The van der Waals surface area contributed by atoms with Crippen LogP contribution in [-0.4, -0.2) is 23.1 Å². The maximum Gasteiger partial charge on any atom is 0.335 e. The molecular weight excluding hydrogens is 306 g/mol. The second-order valence-electron chi connectivity index (χ2n) is 5.96. The summed E-state index contributed by atoms with van der Waals surface area (Å²) in [6.07, 6.45) is -0.1000. The van der Waals surface area contributed by atoms with E-state index >= 15 is 0 Å². The lowest BCUT2D eigenvalue weighted by Gasteiger charge is -2.16. The predicted octanol–water partition coefficient (Wildman–Crippen LogP) is 4.04. The van der Waals surface area contributed by atoms with Gasteiger partial charge in [-0.25, -0.2) is 4.79 Å². The lowest BCUT2D eigenvalue weighted by molar-refractivity contribution is 0.0696. The van der Waals surface area contributed by atoms with Gasteiger partial charge in [0.15, 0.2) is 0 Å². The Hall–Kier alpha value is -2.82. The Bertz CT molecular complexity index is 781. The van der Waals surface area contributed by atoms with Crippen molar-refractivity contribution in [2.45, 2.75) is 33.8 Å². The quantitative estimate of drug-likeness (QED) is 0.869. The number of benzene rings is 2. The maximum absolute atomic E-state index is 12.6. The fraction of sp³-hybridized carbons (Fsp3) is 0.263. The van der Waals surface area contributed by atoms with Crippen LogP contribution >= 0.6 is 0 Å². The van der Waals surface area contributed by atoms with Crippen molar-refractivity contribution < 1.29 is 19.4 Å². The zero-order valence-electron chi connectivity index (χ0n) is 14.2. The Balaban J connectivity index is 2.38. The molecule has 2 rings (SSSR count). The van der Waals surface area contributed by atoms with Crippen molar-refractivity contribution in [1.82, 2.24) is 0 Å². The first-order valence-corrected chi connectivity index (χ1v) is 7.70. The molecule has 1 amide bonds. The van der Waals surface area contributed by atoms with Crippen LogP contribution in [0.1, 0.15) is 45.7 Å². The molecule has 0 aliphatic heterocycles. The number of ether oxygens (including phenoxy) is 1. The lowest BCUT2D eigenvalue weighted by Crippen LogP contribution is -2.16. The summed E-state index contributed by atoms with van der Waals surface area (Å²) in [5, 5.41) is 11.9. The summed E-state index contributed by atoms with van der Waals surface area (Å²) >= 11 is 0. The molecule has 0 spiro atoms. The third-order valence-electron chi connectivity index (χ3n) is 3.48. The molecule has 5 heteroatoms. The molecule has 0 heterocycles. The summed E-state index contributed by atoms with van der Waals surface area (Å²) in [5.74, 6) is -0.922. The smallest absolute Gasteiger partial charge is 0.335 e. The van der Waals surface area contributed by atoms with Gasteiger partial charge in [0.05, 0.1) is 17.4 Å². The molecule has 0 radical (unpaired) electrons. The van der Waals surface area contributed by atoms with Crippen LogP contribution in [0.3, 0.4) is 0 Å². The molecule has 0 fully saturated rings. The number of nitrogens with one attached hydrogen (secondary N) is 1. The van der Waals surface area contributed by atoms with Crippen molar-refractivity contribution in [2.75, 3.05) is 5.32 Å². The monoisotopic (exact) mass is 327 g/mol. The van der Waals surface area contributed by atoms with Gasteiger partial charge in [-0.2, -0.15) is 0 Å². The number of carbonyl (C=O) groups excluding carboxylic acids is 1. The van der Waals surface area contributed by atoms with Crippen LogP contribution in [0.25, 0.3) is 0 Å². The number of aryl methyl sites for hydroxylation is 2. The zero-order chi connectivity index (χ0) is 17.9. The molecule has 2 aromatic carbocycles. The van der Waals surface area contributed by atoms with Gasteiger partial charge in [0.25, 0.3) is 5.91 Å². The van der Waals surface area contributed by atoms with Crippen molar-refractivity contribution in [3.63, 3.8) is 0 Å². The Labute approximate surface area is 141 Å². The average molecular weight is 327 g/mol. The first-order valence-electron chi connectivity index (χ1n) is 7.70. The SMILES string of the molecule is Cc1ccc(C)c(C(=O)Nc2cc(C(=O)O)ccc2OC(C)C)c1. The minimum Gasteiger partial charge on any atom is -0.489 e. The summed E-state index contributed by atoms with van der Waals surface area (Å²) in [4.78, 5) is 23.8. The van der Waals surface area contributed by atoms with E-state index in [1.807, 2.05) is 39.8 Å². The van der Waals surface area contributed by atoms with Crippen molar-refractivity contribution in [3.8, 4) is 5.75 Å². The molecule has 0 saturated carbocycles. The van der Waals surface area contributed by atoms with Gasteiger partial charge in [0.2, 0.25) is 0 Å². The summed E-state index contributed by atoms with van der Waals surface area (Å²) in [5.41, 5.74) is 2.80. The van der Waals surface area contributed by atoms with E-state index in [2.05, 4.69) is 5.32 Å². The summed E-state index contributed by atoms with van der Waals surface area (Å²) in [6, 6.07) is 10.0. The first kappa shape index (κ1) is 17.5. The summed E-state index contributed by atoms with van der Waals surface area (Å²) in [6.45, 7) is 7.49. The highest BCUT2D eigenvalue weighted by Gasteiger charge is 2.15. The van der Waals surface area contributed by atoms with E-state index in [4.69, 9.17) is 9.84 Å². The molecule has 5 nitrogen and oxygen atoms in total. The van der Waals surface area contributed by atoms with E-state index in [-0.39, 0.29) is 17.6 Å². The molecule has 0 saturated heterocycles. The predicted molar refractivity (Wildman–Crippen MR) is 93.0 cm³/mol. The Morgan fingerprint density at radius 3 is 2.42 bits per heavy atom. The van der Waals surface area contributed by atoms with Gasteiger partial charge in [0, 0.05) is 5.56 Å². The van der Waals surface area contributed by atoms with E-state index in [0.29, 0.717) is 17.0 Å². The third kappa shape index (κ3) is 4.13. The summed E-state index contributed by atoms with van der Waals surface area (Å²) in [7, 11) is 0. The lowest BCUT2D eigenvalue weighted by atomic mass is 10.0. The number of carboxylic acids is 1. The number of carbonyl (C=O) groups is 2. The van der Waals surface area contributed by atoms with Crippen LogP contribution in [0, 0.1) is 13.8 Å². The van der Waals surface area contributed by atoms with Crippen LogP contribution in [0.5, 0.6) is 5.75 Å². The van der Waals surface area contributed by atoms with Crippen molar-refractivity contribution in [1.29, 1.82) is 0 Å². The number of aromatic carboxylic acids is 1. The molecule has 0 atom stereocenters. The minimum absolute atomic E-state index is 0.0855. The zero-order valence-corrected chi connectivity index (χ0v) is 14.2. The first-order chi connectivity index (χ1) is 11.3. The van der Waals surface area contributed by atoms with Gasteiger partial charge < -0.3 is 15.2 Å². The van der Waals surface area contributed by atoms with E-state index in [9.17, 15) is 9.59 Å². The Morgan fingerprint density at radius 2 is 1.79 bits per heavy atom. The van der Waals surface area contributed by atoms with Gasteiger partial charge in [-0.3, -0.25) is 4.79 Å². The molecule has 0 unspecified atom stereocenters. The van der Waals surface area contributed by atoms with Crippen LogP contribution in [0.15, 0.2) is 36.4 Å². The fourth-order valence-corrected chi connectivity index (χ4v) is 2.29. The van der Waals surface area contributed by atoms with Crippen LogP contribution in [0.2, 0.25) is 0 Å². The third-order valence-corrected chi connectivity index (χ3v) is 3.48. The molecule has 0 aliphatic rings. The molecule has 0 aliphatic carbocycles. The highest BCUT2D eigenvalue weighted by molar-refractivity contribution is 6.06. The van der Waals surface area contributed by atoms with Gasteiger partial charge in [-0.1, -0.05) is 17.7 Å². The van der Waals surface area contributed by atoms with Gasteiger partial charge >= 0.3 is 5.97 Å². The molecule has 2 N–H and O–H groups in total. The molecule has 0 aromatic heterocycles. The second kappa shape index (κ2) is 7.17. The van der Waals surface area contributed by atoms with Crippen molar-refractivity contribution >= 4 is 17.6 Å². The number of hydrogen-bond acceptors (Lipinski definition) is 3. The number of rotatable bonds is 5. The standard InChI is InChI=1S/C19H21NO4/c1-11(2)24-17-8-7-14(19(22)23)10-16(17)20-18(21)15-9-12(3)5-6-13(15)4/h5-11H,1-4H3,(H,20,21)(H,22,23). The topological polar surface area (TPSA) is 75.6 Å². The second-order valence-corrected chi connectivity index (χ2v) is 5.96. The van der Waals surface area contributed by atoms with Crippen molar-refractivity contribution in [3.05, 3.63) is 58.7 Å². The maximum atomic E-state index is 12.6. The number of carboxylic acid groups (broad SMARTS) is 1. The fourth-order valence-electron chi connectivity index (χ4n) is 2.29. The van der Waals surface area contributed by atoms with E-state index < -0.39 is 5.97 Å². The van der Waals surface area contributed by atoms with Crippen LogP contribution < -0.4 is 10.1 Å². The number of anilines is 1. The largest absolute Gasteiger partial charge is 0.489 e. The molecule has 2 aromatic rings. The normalized spacial score (nSPS) is 10.5. The van der Waals surface area contributed by atoms with Gasteiger partial charge in [-0.05, 0) is 57.5 Å². The number of hydrogen-bond donors (Lipinski definition) is 2. The number of amides is 1. The van der Waals surface area contributed by atoms with E-state index in [0.717, 1.165) is 11.1 Å². The molecule has 0 bridgehead atoms. The molecular formula is C19H21NO4. The van der Waals surface area contributed by atoms with Crippen LogP contribution in [0.4, 0.5) is 5.69 Å². The highest BCUT2D eigenvalue weighted by Crippen LogP contribution is 2.28. The van der Waals surface area contributed by atoms with Gasteiger partial charge in [0.1, 0.15) is 5.75 Å². The molecule has 24 heavy (non-hydrogen) atoms. The van der Waals surface area contributed by atoms with Gasteiger partial charge in [-0.15, -0.1) is 0 Å². The van der Waals surface area contributed by atoms with E-state index in [1.54, 1.807) is 12.1 Å². The minimum atomic E-state index is -1.06. The average Bonchev–Trinajstić information content (AvgIpc) is 2.50. The van der Waals surface area contributed by atoms with Crippen LogP contribution in [-0.2, 0) is 0 Å². The molecule has 126 valence electrons. The van der Waals surface area contributed by atoms with Crippen molar-refractivity contribution in [2.24, 2.45) is 0 Å². The Kier molecular flexibility index (Phi) is 5.24. The van der Waals surface area contributed by atoms with E-state index in [1.165, 1.54) is 12.1 Å². The Morgan fingerprint density at radius 1 is 1.08 bits per heavy atom. The highest BCUT2D eigenvalue weighted by atomic mass is 16.5.